The summed E-state index contributed by atoms with van der Waals surface area (Å²) in [5, 5.41) is 3.95. The Kier molecular flexibility index (Phi) is 8.95. The first-order valence-electron chi connectivity index (χ1n) is 8.61. The van der Waals surface area contributed by atoms with Crippen LogP contribution in [-0.4, -0.2) is 46.5 Å². The summed E-state index contributed by atoms with van der Waals surface area (Å²) in [6.07, 6.45) is 1.06. The smallest absolute Gasteiger partial charge is 0.240 e. The van der Waals surface area contributed by atoms with Crippen LogP contribution in [0, 0.1) is 0 Å². The van der Waals surface area contributed by atoms with E-state index < -0.39 is 10.0 Å². The van der Waals surface area contributed by atoms with Gasteiger partial charge in [-0.1, -0.05) is 29.3 Å². The van der Waals surface area contributed by atoms with Crippen molar-refractivity contribution in [3.8, 4) is 5.75 Å². The van der Waals surface area contributed by atoms with Gasteiger partial charge in [0, 0.05) is 28.1 Å². The largest absolute Gasteiger partial charge is 0.497 e. The Bertz CT molecular complexity index is 917. The summed E-state index contributed by atoms with van der Waals surface area (Å²) in [6.45, 7) is 0.0952. The minimum atomic E-state index is -3.62. The Balaban J connectivity index is 1.85. The summed E-state index contributed by atoms with van der Waals surface area (Å²) < 4.78 is 30.3. The van der Waals surface area contributed by atoms with E-state index >= 15 is 0 Å². The topological polar surface area (TPSA) is 75.7 Å². The second kappa shape index (κ2) is 11.0. The zero-order chi connectivity index (χ0) is 21.4. The number of carbonyl (C=O) groups excluding carboxylic acids is 1. The lowest BCUT2D eigenvalue weighted by Gasteiger charge is -2.22. The minimum absolute atomic E-state index is 0.299. The van der Waals surface area contributed by atoms with Crippen LogP contribution >= 0.6 is 35.0 Å². The van der Waals surface area contributed by atoms with Crippen LogP contribution in [0.15, 0.2) is 42.5 Å². The molecular weight excluding hydrogens is 455 g/mol. The van der Waals surface area contributed by atoms with Crippen molar-refractivity contribution in [2.24, 2.45) is 0 Å². The number of rotatable bonds is 10. The molecule has 2 rings (SSSR count). The molecular formula is C19H22Cl2N2O4S2. The molecule has 0 bridgehead atoms. The van der Waals surface area contributed by atoms with E-state index in [1.54, 1.807) is 54.2 Å². The number of anilines is 1. The van der Waals surface area contributed by atoms with Crippen LogP contribution in [0.1, 0.15) is 5.56 Å². The molecule has 0 saturated carbocycles. The Morgan fingerprint density at radius 2 is 1.76 bits per heavy atom. The van der Waals surface area contributed by atoms with Crippen molar-refractivity contribution in [3.05, 3.63) is 58.1 Å². The Labute approximate surface area is 185 Å². The van der Waals surface area contributed by atoms with E-state index in [1.165, 1.54) is 7.11 Å². The number of hydrogen-bond acceptors (Lipinski definition) is 5. The number of carbonyl (C=O) groups is 1. The van der Waals surface area contributed by atoms with Gasteiger partial charge in [0.05, 0.1) is 19.1 Å². The number of thioether (sulfide) groups is 1. The van der Waals surface area contributed by atoms with E-state index in [2.05, 4.69) is 5.32 Å². The predicted octanol–water partition coefficient (Wildman–Crippen LogP) is 3.82. The molecule has 0 aliphatic carbocycles. The maximum atomic E-state index is 12.2. The molecule has 0 unspecified atom stereocenters. The van der Waals surface area contributed by atoms with Crippen molar-refractivity contribution in [3.63, 3.8) is 0 Å². The molecule has 0 atom stereocenters. The molecule has 0 radical (unpaired) electrons. The van der Waals surface area contributed by atoms with Gasteiger partial charge >= 0.3 is 0 Å². The number of nitrogens with zero attached hydrogens (tertiary/aromatic N) is 1. The number of methoxy groups -OCH3 is 1. The number of benzene rings is 2. The average Bonchev–Trinajstić information content (AvgIpc) is 2.67. The predicted molar refractivity (Wildman–Crippen MR) is 121 cm³/mol. The maximum Gasteiger partial charge on any atom is 0.240 e. The van der Waals surface area contributed by atoms with Crippen molar-refractivity contribution in [1.29, 1.82) is 0 Å². The highest BCUT2D eigenvalue weighted by Crippen LogP contribution is 2.28. The number of ether oxygens (including phenoxy) is 1. The molecule has 158 valence electrons. The standard InChI is InChI=1S/C19H22Cl2N2O4S2/c1-27-15-8-6-14(7-9-15)23(29(2,25)26)12-19(24)22-10-11-28-13-16-17(20)4-3-5-18(16)21/h3-9H,10-13H2,1-2H3,(H,22,24). The number of nitrogens with one attached hydrogen (secondary N) is 1. The zero-order valence-electron chi connectivity index (χ0n) is 16.0. The van der Waals surface area contributed by atoms with Crippen LogP contribution in [0.3, 0.4) is 0 Å². The van der Waals surface area contributed by atoms with Crippen LogP contribution in [0.5, 0.6) is 5.75 Å². The second-order valence-corrected chi connectivity index (χ2v) is 9.90. The third-order valence-corrected chi connectivity index (χ3v) is 6.76. The molecule has 0 spiro atoms. The van der Waals surface area contributed by atoms with E-state index in [4.69, 9.17) is 27.9 Å². The van der Waals surface area contributed by atoms with E-state index in [9.17, 15) is 13.2 Å². The van der Waals surface area contributed by atoms with Crippen LogP contribution in [0.2, 0.25) is 10.0 Å². The van der Waals surface area contributed by atoms with Gasteiger partial charge in [0.2, 0.25) is 15.9 Å². The molecule has 0 fully saturated rings. The van der Waals surface area contributed by atoms with Crippen molar-refractivity contribution < 1.29 is 17.9 Å². The monoisotopic (exact) mass is 476 g/mol. The normalized spacial score (nSPS) is 11.2. The van der Waals surface area contributed by atoms with Crippen molar-refractivity contribution in [2.75, 3.05) is 36.5 Å². The Morgan fingerprint density at radius 1 is 1.14 bits per heavy atom. The molecule has 1 amide bonds. The van der Waals surface area contributed by atoms with Gasteiger partial charge in [0.25, 0.3) is 0 Å². The third-order valence-electron chi connectivity index (χ3n) is 3.92. The summed E-state index contributed by atoms with van der Waals surface area (Å²) >= 11 is 13.8. The van der Waals surface area contributed by atoms with Gasteiger partial charge < -0.3 is 10.1 Å². The van der Waals surface area contributed by atoms with Crippen LogP contribution < -0.4 is 14.4 Å². The first-order valence-corrected chi connectivity index (χ1v) is 12.4. The zero-order valence-corrected chi connectivity index (χ0v) is 19.2. The highest BCUT2D eigenvalue weighted by molar-refractivity contribution is 7.98. The lowest BCUT2D eigenvalue weighted by molar-refractivity contribution is -0.119. The highest BCUT2D eigenvalue weighted by Gasteiger charge is 2.20. The molecule has 1 N–H and O–H groups in total. The first-order chi connectivity index (χ1) is 13.7. The number of halogens is 2. The molecule has 0 aromatic heterocycles. The third kappa shape index (κ3) is 7.29. The lowest BCUT2D eigenvalue weighted by Crippen LogP contribution is -2.41. The first kappa shape index (κ1) is 23.7. The molecule has 6 nitrogen and oxygen atoms in total. The highest BCUT2D eigenvalue weighted by atomic mass is 35.5. The summed E-state index contributed by atoms with van der Waals surface area (Å²) in [5.41, 5.74) is 1.25. The lowest BCUT2D eigenvalue weighted by atomic mass is 10.2. The second-order valence-electron chi connectivity index (χ2n) is 6.07. The van der Waals surface area contributed by atoms with Gasteiger partial charge in [-0.25, -0.2) is 8.42 Å². The molecule has 10 heteroatoms. The van der Waals surface area contributed by atoms with Gasteiger partial charge in [0.1, 0.15) is 12.3 Å². The van der Waals surface area contributed by atoms with Gasteiger partial charge in [-0.15, -0.1) is 0 Å². The van der Waals surface area contributed by atoms with E-state index in [0.717, 1.165) is 16.1 Å². The van der Waals surface area contributed by atoms with Gasteiger partial charge in [-0.05, 0) is 42.0 Å². The van der Waals surface area contributed by atoms with Crippen molar-refractivity contribution in [1.82, 2.24) is 5.32 Å². The number of amides is 1. The minimum Gasteiger partial charge on any atom is -0.497 e. The molecule has 2 aromatic carbocycles. The van der Waals surface area contributed by atoms with Crippen molar-refractivity contribution in [2.45, 2.75) is 5.75 Å². The Morgan fingerprint density at radius 3 is 2.31 bits per heavy atom. The van der Waals surface area contributed by atoms with Crippen LogP contribution in [0.4, 0.5) is 5.69 Å². The molecule has 0 aliphatic heterocycles. The average molecular weight is 477 g/mol. The number of hydrogen-bond donors (Lipinski definition) is 1. The quantitative estimate of drug-likeness (QED) is 0.527. The molecule has 2 aromatic rings. The summed E-state index contributed by atoms with van der Waals surface area (Å²) in [5.74, 6) is 1.47. The summed E-state index contributed by atoms with van der Waals surface area (Å²) in [4.78, 5) is 12.2. The Hall–Kier alpha value is -1.61. The molecule has 0 aliphatic rings. The van der Waals surface area contributed by atoms with E-state index in [-0.39, 0.29) is 12.5 Å². The fraction of sp³-hybridized carbons (Fsp3) is 0.316. The van der Waals surface area contributed by atoms with E-state index in [0.29, 0.717) is 39.5 Å². The summed E-state index contributed by atoms with van der Waals surface area (Å²) in [6, 6.07) is 11.8. The van der Waals surface area contributed by atoms with Crippen molar-refractivity contribution >= 4 is 56.6 Å². The van der Waals surface area contributed by atoms with E-state index in [1.807, 2.05) is 0 Å². The SMILES string of the molecule is COc1ccc(N(CC(=O)NCCSCc2c(Cl)cccc2Cl)S(C)(=O)=O)cc1. The van der Waals surface area contributed by atoms with Gasteiger partial charge in [-0.3, -0.25) is 9.10 Å². The maximum absolute atomic E-state index is 12.2. The van der Waals surface area contributed by atoms with Gasteiger partial charge in [-0.2, -0.15) is 11.8 Å². The fourth-order valence-corrected chi connectivity index (χ4v) is 4.89. The summed E-state index contributed by atoms with van der Waals surface area (Å²) in [7, 11) is -2.09. The molecule has 0 saturated heterocycles. The van der Waals surface area contributed by atoms with Crippen LogP contribution in [0.25, 0.3) is 0 Å². The molecule has 0 heterocycles. The van der Waals surface area contributed by atoms with Crippen LogP contribution in [-0.2, 0) is 20.6 Å². The van der Waals surface area contributed by atoms with Gasteiger partial charge in [0.15, 0.2) is 0 Å². The fourth-order valence-electron chi connectivity index (χ4n) is 2.44. The molecule has 29 heavy (non-hydrogen) atoms. The number of sulfonamides is 1.